The van der Waals surface area contributed by atoms with Crippen molar-refractivity contribution in [2.45, 2.75) is 32.4 Å². The van der Waals surface area contributed by atoms with Gasteiger partial charge in [0.1, 0.15) is 6.04 Å². The summed E-state index contributed by atoms with van der Waals surface area (Å²) in [6.07, 6.45) is 5.09. The van der Waals surface area contributed by atoms with Crippen molar-refractivity contribution in [2.75, 3.05) is 18.0 Å². The first-order valence-corrected chi connectivity index (χ1v) is 9.27. The molecule has 27 heavy (non-hydrogen) atoms. The Balaban J connectivity index is 1.49. The Hall–Kier alpha value is -2.96. The normalized spacial score (nSPS) is 17.8. The Morgan fingerprint density at radius 3 is 2.67 bits per heavy atom. The molecule has 2 heterocycles. The summed E-state index contributed by atoms with van der Waals surface area (Å²) >= 11 is 0. The maximum absolute atomic E-state index is 12.6. The summed E-state index contributed by atoms with van der Waals surface area (Å²) in [5.41, 5.74) is 1.02. The van der Waals surface area contributed by atoms with Crippen LogP contribution in [0.2, 0.25) is 0 Å². The Morgan fingerprint density at radius 1 is 1.19 bits per heavy atom. The van der Waals surface area contributed by atoms with Crippen LogP contribution in [-0.2, 0) is 16.1 Å². The lowest BCUT2D eigenvalue weighted by molar-refractivity contribution is -0.131. The van der Waals surface area contributed by atoms with Crippen molar-refractivity contribution >= 4 is 17.8 Å². The van der Waals surface area contributed by atoms with Gasteiger partial charge in [-0.05, 0) is 31.4 Å². The molecule has 7 nitrogen and oxygen atoms in total. The zero-order valence-corrected chi connectivity index (χ0v) is 15.5. The van der Waals surface area contributed by atoms with Crippen LogP contribution >= 0.6 is 0 Å². The summed E-state index contributed by atoms with van der Waals surface area (Å²) < 4.78 is 0. The van der Waals surface area contributed by atoms with Gasteiger partial charge in [0.15, 0.2) is 0 Å². The van der Waals surface area contributed by atoms with Gasteiger partial charge in [0.25, 0.3) is 0 Å². The quantitative estimate of drug-likeness (QED) is 0.808. The average molecular weight is 367 g/mol. The molecule has 2 atom stereocenters. The van der Waals surface area contributed by atoms with Crippen molar-refractivity contribution in [1.82, 2.24) is 20.6 Å². The molecule has 2 amide bonds. The molecular formula is C20H25N5O2. The third kappa shape index (κ3) is 5.26. The standard InChI is InChI=1S/C20H25N5O2/c1-15(18(26)23-13-16-7-3-2-4-8-16)24-19(27)17-9-5-12-25(14-17)20-21-10-6-11-22-20/h2-4,6-8,10-11,15,17H,5,9,12-14H2,1H3,(H,23,26)(H,24,27)/t15-,17-/m1/s1. The SMILES string of the molecule is C[C@@H](NC(=O)[C@@H]1CCCN(c2ncccn2)C1)C(=O)NCc1ccccc1. The highest BCUT2D eigenvalue weighted by molar-refractivity contribution is 5.88. The monoisotopic (exact) mass is 367 g/mol. The van der Waals surface area contributed by atoms with Crippen LogP contribution in [0.15, 0.2) is 48.8 Å². The Labute approximate surface area is 159 Å². The molecule has 0 bridgehead atoms. The van der Waals surface area contributed by atoms with Crippen LogP contribution in [0.3, 0.4) is 0 Å². The van der Waals surface area contributed by atoms with Gasteiger partial charge < -0.3 is 15.5 Å². The molecule has 0 saturated carbocycles. The smallest absolute Gasteiger partial charge is 0.242 e. The molecule has 0 spiro atoms. The molecule has 1 saturated heterocycles. The maximum atomic E-state index is 12.6. The van der Waals surface area contributed by atoms with Crippen LogP contribution in [0.5, 0.6) is 0 Å². The maximum Gasteiger partial charge on any atom is 0.242 e. The minimum Gasteiger partial charge on any atom is -0.350 e. The predicted molar refractivity (Wildman–Crippen MR) is 103 cm³/mol. The highest BCUT2D eigenvalue weighted by Gasteiger charge is 2.28. The van der Waals surface area contributed by atoms with Crippen LogP contribution in [0, 0.1) is 5.92 Å². The highest BCUT2D eigenvalue weighted by atomic mass is 16.2. The van der Waals surface area contributed by atoms with E-state index in [-0.39, 0.29) is 17.7 Å². The van der Waals surface area contributed by atoms with Crippen molar-refractivity contribution in [2.24, 2.45) is 5.92 Å². The fourth-order valence-corrected chi connectivity index (χ4v) is 3.16. The topological polar surface area (TPSA) is 87.2 Å². The van der Waals surface area contributed by atoms with Crippen LogP contribution in [0.4, 0.5) is 5.95 Å². The number of piperidine rings is 1. The van der Waals surface area contributed by atoms with E-state index in [9.17, 15) is 9.59 Å². The zero-order valence-electron chi connectivity index (χ0n) is 15.5. The van der Waals surface area contributed by atoms with Crippen LogP contribution in [-0.4, -0.2) is 40.9 Å². The lowest BCUT2D eigenvalue weighted by atomic mass is 9.97. The number of aromatic nitrogens is 2. The third-order valence-corrected chi connectivity index (χ3v) is 4.69. The van der Waals surface area contributed by atoms with Gasteiger partial charge in [0.2, 0.25) is 17.8 Å². The largest absolute Gasteiger partial charge is 0.350 e. The van der Waals surface area contributed by atoms with Gasteiger partial charge in [-0.3, -0.25) is 9.59 Å². The summed E-state index contributed by atoms with van der Waals surface area (Å²) in [6.45, 7) is 3.55. The molecule has 1 fully saturated rings. The van der Waals surface area contributed by atoms with E-state index in [0.717, 1.165) is 24.9 Å². The van der Waals surface area contributed by atoms with E-state index in [2.05, 4.69) is 20.6 Å². The highest BCUT2D eigenvalue weighted by Crippen LogP contribution is 2.20. The number of nitrogens with zero attached hydrogens (tertiary/aromatic N) is 3. The molecule has 1 aromatic carbocycles. The molecule has 0 unspecified atom stereocenters. The average Bonchev–Trinajstić information content (AvgIpc) is 2.73. The number of nitrogens with one attached hydrogen (secondary N) is 2. The molecule has 0 aliphatic carbocycles. The number of amides is 2. The van der Waals surface area contributed by atoms with Gasteiger partial charge in [-0.25, -0.2) is 9.97 Å². The number of carbonyl (C=O) groups is 2. The first kappa shape index (κ1) is 18.8. The number of benzene rings is 1. The summed E-state index contributed by atoms with van der Waals surface area (Å²) in [7, 11) is 0. The molecule has 2 N–H and O–H groups in total. The summed E-state index contributed by atoms with van der Waals surface area (Å²) in [6, 6.07) is 10.9. The zero-order chi connectivity index (χ0) is 19.1. The Bertz CT molecular complexity index is 753. The van der Waals surface area contributed by atoms with E-state index in [1.807, 2.05) is 35.2 Å². The number of anilines is 1. The van der Waals surface area contributed by atoms with Crippen LogP contribution in [0.1, 0.15) is 25.3 Å². The van der Waals surface area contributed by atoms with E-state index >= 15 is 0 Å². The van der Waals surface area contributed by atoms with E-state index < -0.39 is 6.04 Å². The van der Waals surface area contributed by atoms with E-state index in [4.69, 9.17) is 0 Å². The minimum atomic E-state index is -0.579. The summed E-state index contributed by atoms with van der Waals surface area (Å²) in [4.78, 5) is 35.4. The first-order valence-electron chi connectivity index (χ1n) is 9.27. The van der Waals surface area contributed by atoms with Crippen molar-refractivity contribution in [1.29, 1.82) is 0 Å². The van der Waals surface area contributed by atoms with Gasteiger partial charge in [0.05, 0.1) is 5.92 Å². The van der Waals surface area contributed by atoms with Gasteiger partial charge >= 0.3 is 0 Å². The molecule has 1 aliphatic heterocycles. The Kier molecular flexibility index (Phi) is 6.35. The molecule has 2 aromatic rings. The van der Waals surface area contributed by atoms with E-state index in [1.165, 1.54) is 0 Å². The number of rotatable bonds is 6. The number of hydrogen-bond acceptors (Lipinski definition) is 5. The van der Waals surface area contributed by atoms with Gasteiger partial charge in [-0.2, -0.15) is 0 Å². The minimum absolute atomic E-state index is 0.0991. The van der Waals surface area contributed by atoms with Gasteiger partial charge in [-0.1, -0.05) is 30.3 Å². The fourth-order valence-electron chi connectivity index (χ4n) is 3.16. The molecule has 3 rings (SSSR count). The molecule has 1 aromatic heterocycles. The summed E-state index contributed by atoms with van der Waals surface area (Å²) in [5.74, 6) is 0.180. The van der Waals surface area contributed by atoms with E-state index in [0.29, 0.717) is 19.0 Å². The van der Waals surface area contributed by atoms with Crippen molar-refractivity contribution < 1.29 is 9.59 Å². The van der Waals surface area contributed by atoms with Crippen molar-refractivity contribution in [3.63, 3.8) is 0 Å². The second kappa shape index (κ2) is 9.12. The van der Waals surface area contributed by atoms with E-state index in [1.54, 1.807) is 25.4 Å². The Morgan fingerprint density at radius 2 is 1.93 bits per heavy atom. The predicted octanol–water partition coefficient (Wildman–Crippen LogP) is 1.51. The van der Waals surface area contributed by atoms with Crippen LogP contribution < -0.4 is 15.5 Å². The molecule has 7 heteroatoms. The number of hydrogen-bond donors (Lipinski definition) is 2. The van der Waals surface area contributed by atoms with Crippen molar-refractivity contribution in [3.8, 4) is 0 Å². The van der Waals surface area contributed by atoms with Gasteiger partial charge in [-0.15, -0.1) is 0 Å². The molecule has 1 aliphatic rings. The lowest BCUT2D eigenvalue weighted by Crippen LogP contribution is -2.50. The summed E-state index contributed by atoms with van der Waals surface area (Å²) in [5, 5.41) is 5.70. The second-order valence-electron chi connectivity index (χ2n) is 6.77. The molecule has 142 valence electrons. The van der Waals surface area contributed by atoms with Crippen LogP contribution in [0.25, 0.3) is 0 Å². The van der Waals surface area contributed by atoms with Gasteiger partial charge in [0, 0.05) is 32.0 Å². The molecule has 0 radical (unpaired) electrons. The number of carbonyl (C=O) groups excluding carboxylic acids is 2. The van der Waals surface area contributed by atoms with Crippen molar-refractivity contribution in [3.05, 3.63) is 54.4 Å². The fraction of sp³-hybridized carbons (Fsp3) is 0.400. The lowest BCUT2D eigenvalue weighted by Gasteiger charge is -2.32. The second-order valence-corrected chi connectivity index (χ2v) is 6.77. The molecular weight excluding hydrogens is 342 g/mol. The first-order chi connectivity index (χ1) is 13.1. The third-order valence-electron chi connectivity index (χ3n) is 4.69.